The van der Waals surface area contributed by atoms with E-state index >= 15 is 0 Å². The molecule has 1 heterocycles. The van der Waals surface area contributed by atoms with Gasteiger partial charge in [0.05, 0.1) is 0 Å². The van der Waals surface area contributed by atoms with E-state index in [1.165, 1.54) is 0 Å². The van der Waals surface area contributed by atoms with Crippen molar-refractivity contribution in [3.63, 3.8) is 0 Å². The molecule has 0 bridgehead atoms. The molecule has 0 radical (unpaired) electrons. The second-order valence-electron chi connectivity index (χ2n) is 4.80. The first-order valence-corrected chi connectivity index (χ1v) is 6.85. The minimum Gasteiger partial charge on any atom is -0.351 e. The number of rotatable bonds is 6. The van der Waals surface area contributed by atoms with Gasteiger partial charge in [-0.2, -0.15) is 0 Å². The Labute approximate surface area is 128 Å². The van der Waals surface area contributed by atoms with Crippen LogP contribution in [0.15, 0.2) is 54.9 Å². The summed E-state index contributed by atoms with van der Waals surface area (Å²) in [6, 6.07) is 12.8. The summed E-state index contributed by atoms with van der Waals surface area (Å²) in [5.41, 5.74) is 3.22. The number of hydrogen-bond donors (Lipinski definition) is 3. The molecule has 2 amide bonds. The van der Waals surface area contributed by atoms with Crippen molar-refractivity contribution in [2.24, 2.45) is 5.92 Å². The summed E-state index contributed by atoms with van der Waals surface area (Å²) >= 11 is 0. The molecule has 0 aliphatic rings. The van der Waals surface area contributed by atoms with E-state index in [9.17, 15) is 9.59 Å². The van der Waals surface area contributed by atoms with Gasteiger partial charge in [-0.05, 0) is 23.6 Å². The van der Waals surface area contributed by atoms with Gasteiger partial charge in [-0.25, -0.2) is 5.48 Å². The first kappa shape index (κ1) is 15.7. The van der Waals surface area contributed by atoms with Gasteiger partial charge in [0.15, 0.2) is 0 Å². The van der Waals surface area contributed by atoms with E-state index < -0.39 is 17.7 Å². The van der Waals surface area contributed by atoms with Gasteiger partial charge in [0.2, 0.25) is 5.91 Å². The minimum absolute atomic E-state index is 0.214. The standard InChI is InChI=1S/C16H17N3O3/c20-15(18-11-13-7-4-8-17-10-13)14(16(21)19-22)9-12-5-2-1-3-6-12/h1-8,10,14,22H,9,11H2,(H,18,20)(H,19,21). The van der Waals surface area contributed by atoms with Crippen LogP contribution in [0.5, 0.6) is 0 Å². The first-order chi connectivity index (χ1) is 10.7. The third-order valence-electron chi connectivity index (χ3n) is 3.22. The van der Waals surface area contributed by atoms with Crippen molar-refractivity contribution in [3.8, 4) is 0 Å². The number of hydrogen-bond acceptors (Lipinski definition) is 4. The second-order valence-corrected chi connectivity index (χ2v) is 4.80. The van der Waals surface area contributed by atoms with Crippen molar-refractivity contribution >= 4 is 11.8 Å². The molecule has 0 fully saturated rings. The van der Waals surface area contributed by atoms with E-state index in [0.717, 1.165) is 11.1 Å². The molecule has 1 aromatic carbocycles. The Balaban J connectivity index is 2.02. The van der Waals surface area contributed by atoms with Crippen molar-refractivity contribution < 1.29 is 14.8 Å². The topological polar surface area (TPSA) is 91.3 Å². The Morgan fingerprint density at radius 2 is 1.77 bits per heavy atom. The average Bonchev–Trinajstić information content (AvgIpc) is 2.58. The van der Waals surface area contributed by atoms with Crippen LogP contribution in [0.1, 0.15) is 11.1 Å². The van der Waals surface area contributed by atoms with Gasteiger partial charge >= 0.3 is 0 Å². The summed E-state index contributed by atoms with van der Waals surface area (Å²) in [6.45, 7) is 0.274. The average molecular weight is 299 g/mol. The van der Waals surface area contributed by atoms with Crippen molar-refractivity contribution in [1.29, 1.82) is 0 Å². The van der Waals surface area contributed by atoms with Crippen LogP contribution in [0, 0.1) is 5.92 Å². The molecule has 1 aromatic heterocycles. The maximum Gasteiger partial charge on any atom is 0.256 e. The largest absolute Gasteiger partial charge is 0.351 e. The van der Waals surface area contributed by atoms with E-state index in [1.54, 1.807) is 23.9 Å². The van der Waals surface area contributed by atoms with Crippen LogP contribution in [-0.2, 0) is 22.6 Å². The Morgan fingerprint density at radius 3 is 2.41 bits per heavy atom. The molecule has 0 saturated carbocycles. The molecule has 1 unspecified atom stereocenters. The van der Waals surface area contributed by atoms with Gasteiger partial charge in [0.1, 0.15) is 5.92 Å². The fraction of sp³-hybridized carbons (Fsp3) is 0.188. The highest BCUT2D eigenvalue weighted by Gasteiger charge is 2.26. The predicted molar refractivity (Wildman–Crippen MR) is 79.6 cm³/mol. The molecule has 6 nitrogen and oxygen atoms in total. The number of nitrogens with one attached hydrogen (secondary N) is 2. The summed E-state index contributed by atoms with van der Waals surface area (Å²) in [5, 5.41) is 11.5. The maximum absolute atomic E-state index is 12.2. The van der Waals surface area contributed by atoms with Crippen molar-refractivity contribution in [2.75, 3.05) is 0 Å². The van der Waals surface area contributed by atoms with Crippen LogP contribution in [0.4, 0.5) is 0 Å². The van der Waals surface area contributed by atoms with Gasteiger partial charge in [-0.1, -0.05) is 36.4 Å². The van der Waals surface area contributed by atoms with E-state index in [1.807, 2.05) is 36.4 Å². The zero-order valence-electron chi connectivity index (χ0n) is 11.9. The summed E-state index contributed by atoms with van der Waals surface area (Å²) in [5.74, 6) is -2.17. The van der Waals surface area contributed by atoms with E-state index in [0.29, 0.717) is 0 Å². The van der Waals surface area contributed by atoms with Crippen LogP contribution < -0.4 is 10.8 Å². The molecule has 0 aliphatic heterocycles. The monoisotopic (exact) mass is 299 g/mol. The smallest absolute Gasteiger partial charge is 0.256 e. The number of carbonyl (C=O) groups excluding carboxylic acids is 2. The third kappa shape index (κ3) is 4.39. The van der Waals surface area contributed by atoms with Gasteiger partial charge in [0, 0.05) is 18.9 Å². The first-order valence-electron chi connectivity index (χ1n) is 6.85. The van der Waals surface area contributed by atoms with Crippen LogP contribution in [0.3, 0.4) is 0 Å². The maximum atomic E-state index is 12.2. The molecule has 3 N–H and O–H groups in total. The quantitative estimate of drug-likeness (QED) is 0.422. The molecule has 2 aromatic rings. The highest BCUT2D eigenvalue weighted by Crippen LogP contribution is 2.10. The lowest BCUT2D eigenvalue weighted by Crippen LogP contribution is -2.41. The van der Waals surface area contributed by atoms with Gasteiger partial charge in [-0.3, -0.25) is 19.8 Å². The molecule has 1 atom stereocenters. The van der Waals surface area contributed by atoms with Gasteiger partial charge in [-0.15, -0.1) is 0 Å². The Morgan fingerprint density at radius 1 is 1.05 bits per heavy atom. The SMILES string of the molecule is O=C(NO)C(Cc1ccccc1)C(=O)NCc1cccnc1. The van der Waals surface area contributed by atoms with Crippen LogP contribution in [-0.4, -0.2) is 22.0 Å². The third-order valence-corrected chi connectivity index (χ3v) is 3.22. The van der Waals surface area contributed by atoms with Crippen LogP contribution in [0.2, 0.25) is 0 Å². The van der Waals surface area contributed by atoms with E-state index in [-0.39, 0.29) is 13.0 Å². The van der Waals surface area contributed by atoms with Gasteiger partial charge in [0.25, 0.3) is 5.91 Å². The zero-order chi connectivity index (χ0) is 15.8. The van der Waals surface area contributed by atoms with Crippen LogP contribution in [0.25, 0.3) is 0 Å². The van der Waals surface area contributed by atoms with Crippen molar-refractivity contribution in [1.82, 2.24) is 15.8 Å². The molecule has 22 heavy (non-hydrogen) atoms. The van der Waals surface area contributed by atoms with Crippen molar-refractivity contribution in [2.45, 2.75) is 13.0 Å². The number of amides is 2. The fourth-order valence-electron chi connectivity index (χ4n) is 2.05. The molecular formula is C16H17N3O3. The number of hydroxylamine groups is 1. The molecule has 2 rings (SSSR count). The molecule has 114 valence electrons. The van der Waals surface area contributed by atoms with E-state index in [4.69, 9.17) is 5.21 Å². The number of pyridine rings is 1. The summed E-state index contributed by atoms with van der Waals surface area (Å²) in [4.78, 5) is 27.9. The Hall–Kier alpha value is -2.73. The molecule has 0 aliphatic carbocycles. The van der Waals surface area contributed by atoms with Crippen molar-refractivity contribution in [3.05, 3.63) is 66.0 Å². The Bertz CT molecular complexity index is 617. The van der Waals surface area contributed by atoms with E-state index in [2.05, 4.69) is 10.3 Å². The molecule has 0 saturated heterocycles. The minimum atomic E-state index is -0.996. The molecule has 6 heteroatoms. The lowest BCUT2D eigenvalue weighted by Gasteiger charge is -2.15. The predicted octanol–water partition coefficient (Wildman–Crippen LogP) is 1.06. The highest BCUT2D eigenvalue weighted by atomic mass is 16.5. The zero-order valence-corrected chi connectivity index (χ0v) is 11.9. The molecular weight excluding hydrogens is 282 g/mol. The summed E-state index contributed by atoms with van der Waals surface area (Å²) in [7, 11) is 0. The number of carbonyl (C=O) groups is 2. The fourth-order valence-corrected chi connectivity index (χ4v) is 2.05. The van der Waals surface area contributed by atoms with Gasteiger partial charge < -0.3 is 5.32 Å². The summed E-state index contributed by atoms with van der Waals surface area (Å²) in [6.07, 6.45) is 3.49. The second kappa shape index (κ2) is 7.90. The lowest BCUT2D eigenvalue weighted by atomic mass is 9.97. The van der Waals surface area contributed by atoms with Crippen LogP contribution >= 0.6 is 0 Å². The number of benzene rings is 1. The normalized spacial score (nSPS) is 11.5. The number of aromatic nitrogens is 1. The Kier molecular flexibility index (Phi) is 5.62. The number of nitrogens with zero attached hydrogens (tertiary/aromatic N) is 1. The lowest BCUT2D eigenvalue weighted by molar-refractivity contribution is -0.140. The molecule has 0 spiro atoms. The summed E-state index contributed by atoms with van der Waals surface area (Å²) < 4.78 is 0. The highest BCUT2D eigenvalue weighted by molar-refractivity contribution is 6.00.